The summed E-state index contributed by atoms with van der Waals surface area (Å²) in [4.78, 5) is 2.46. The lowest BCUT2D eigenvalue weighted by Crippen LogP contribution is -2.33. The molecule has 1 aliphatic heterocycles. The zero-order valence-electron chi connectivity index (χ0n) is 9.75. The normalized spacial score (nSPS) is 20.4. The smallest absolute Gasteiger partial charge is 0.0511 e. The summed E-state index contributed by atoms with van der Waals surface area (Å²) in [5.41, 5.74) is 1.32. The fraction of sp³-hybridized carbons (Fsp3) is 0.538. The maximum absolute atomic E-state index is 3.62. The zero-order valence-corrected chi connectivity index (χ0v) is 11.3. The van der Waals surface area contributed by atoms with E-state index in [1.54, 1.807) is 0 Å². The molecule has 88 valence electrons. The van der Waals surface area contributed by atoms with E-state index in [4.69, 9.17) is 0 Å². The van der Waals surface area contributed by atoms with Crippen molar-refractivity contribution in [3.63, 3.8) is 0 Å². The van der Waals surface area contributed by atoms with Gasteiger partial charge in [-0.3, -0.25) is 0 Å². The number of hydrogen-bond donors (Lipinski definition) is 1. The van der Waals surface area contributed by atoms with E-state index in [1.165, 1.54) is 23.0 Å². The van der Waals surface area contributed by atoms with Crippen molar-refractivity contribution in [2.45, 2.75) is 25.8 Å². The van der Waals surface area contributed by atoms with Gasteiger partial charge in [0.1, 0.15) is 0 Å². The van der Waals surface area contributed by atoms with E-state index >= 15 is 0 Å². The lowest BCUT2D eigenvalue weighted by atomic mass is 10.2. The first-order chi connectivity index (χ1) is 7.81. The van der Waals surface area contributed by atoms with Crippen LogP contribution < -0.4 is 10.2 Å². The van der Waals surface area contributed by atoms with Gasteiger partial charge in [-0.05, 0) is 47.4 Å². The molecule has 0 spiro atoms. The van der Waals surface area contributed by atoms with Gasteiger partial charge in [-0.1, -0.05) is 19.1 Å². The van der Waals surface area contributed by atoms with Gasteiger partial charge in [0, 0.05) is 23.6 Å². The predicted octanol–water partition coefficient (Wildman–Crippen LogP) is 3.03. The van der Waals surface area contributed by atoms with Crippen LogP contribution in [0.3, 0.4) is 0 Å². The molecule has 1 aliphatic rings. The van der Waals surface area contributed by atoms with Crippen LogP contribution in [0.1, 0.15) is 19.8 Å². The maximum Gasteiger partial charge on any atom is 0.0511 e. The van der Waals surface area contributed by atoms with Crippen LogP contribution >= 0.6 is 15.9 Å². The second-order valence-corrected chi connectivity index (χ2v) is 5.19. The fourth-order valence-electron chi connectivity index (χ4n) is 2.20. The molecular formula is C13H19BrN2. The number of halogens is 1. The number of hydrogen-bond acceptors (Lipinski definition) is 2. The average Bonchev–Trinajstić information content (AvgIpc) is 2.75. The first-order valence-electron chi connectivity index (χ1n) is 6.04. The summed E-state index contributed by atoms with van der Waals surface area (Å²) < 4.78 is 1.20. The summed E-state index contributed by atoms with van der Waals surface area (Å²) >= 11 is 3.62. The van der Waals surface area contributed by atoms with Crippen molar-refractivity contribution in [3.8, 4) is 0 Å². The van der Waals surface area contributed by atoms with E-state index in [2.05, 4.69) is 57.3 Å². The minimum absolute atomic E-state index is 0.659. The Morgan fingerprint density at radius 2 is 2.25 bits per heavy atom. The predicted molar refractivity (Wildman–Crippen MR) is 73.1 cm³/mol. The van der Waals surface area contributed by atoms with Crippen LogP contribution in [0, 0.1) is 0 Å². The molecule has 1 saturated heterocycles. The Bertz CT molecular complexity index is 340. The standard InChI is InChI=1S/C13H19BrN2/c1-2-8-15-11-7-9-16(10-11)13-6-4-3-5-12(13)14/h3-6,11,15H,2,7-10H2,1H3. The summed E-state index contributed by atoms with van der Waals surface area (Å²) in [5, 5.41) is 3.59. The molecule has 0 aliphatic carbocycles. The molecule has 0 radical (unpaired) electrons. The van der Waals surface area contributed by atoms with E-state index in [9.17, 15) is 0 Å². The van der Waals surface area contributed by atoms with Gasteiger partial charge in [0.15, 0.2) is 0 Å². The highest BCUT2D eigenvalue weighted by atomic mass is 79.9. The quantitative estimate of drug-likeness (QED) is 0.913. The molecule has 1 fully saturated rings. The van der Waals surface area contributed by atoms with Gasteiger partial charge in [-0.15, -0.1) is 0 Å². The van der Waals surface area contributed by atoms with Crippen molar-refractivity contribution in [1.82, 2.24) is 5.32 Å². The zero-order chi connectivity index (χ0) is 11.4. The molecule has 2 nitrogen and oxygen atoms in total. The summed E-state index contributed by atoms with van der Waals surface area (Å²) in [5.74, 6) is 0. The molecule has 2 rings (SSSR count). The molecule has 16 heavy (non-hydrogen) atoms. The molecule has 0 aromatic heterocycles. The van der Waals surface area contributed by atoms with Gasteiger partial charge in [0.2, 0.25) is 0 Å². The maximum atomic E-state index is 3.62. The molecule has 1 atom stereocenters. The number of rotatable bonds is 4. The van der Waals surface area contributed by atoms with Crippen molar-refractivity contribution in [3.05, 3.63) is 28.7 Å². The van der Waals surface area contributed by atoms with Crippen LogP contribution in [-0.2, 0) is 0 Å². The number of nitrogens with one attached hydrogen (secondary N) is 1. The molecule has 1 aromatic carbocycles. The van der Waals surface area contributed by atoms with Gasteiger partial charge in [-0.2, -0.15) is 0 Å². The Morgan fingerprint density at radius 1 is 1.44 bits per heavy atom. The van der Waals surface area contributed by atoms with Crippen molar-refractivity contribution < 1.29 is 0 Å². The third-order valence-corrected chi connectivity index (χ3v) is 3.73. The molecule has 1 N–H and O–H groups in total. The SMILES string of the molecule is CCCNC1CCN(c2ccccc2Br)C1. The highest BCUT2D eigenvalue weighted by Crippen LogP contribution is 2.28. The Kier molecular flexibility index (Phi) is 4.24. The summed E-state index contributed by atoms with van der Waals surface area (Å²) in [7, 11) is 0. The van der Waals surface area contributed by atoms with Crippen LogP contribution in [0.15, 0.2) is 28.7 Å². The molecular weight excluding hydrogens is 264 g/mol. The lowest BCUT2D eigenvalue weighted by Gasteiger charge is -2.20. The van der Waals surface area contributed by atoms with E-state index in [0.29, 0.717) is 6.04 Å². The minimum Gasteiger partial charge on any atom is -0.369 e. The Balaban J connectivity index is 1.96. The van der Waals surface area contributed by atoms with Crippen molar-refractivity contribution in [2.24, 2.45) is 0 Å². The molecule has 0 saturated carbocycles. The van der Waals surface area contributed by atoms with E-state index in [1.807, 2.05) is 0 Å². The minimum atomic E-state index is 0.659. The van der Waals surface area contributed by atoms with Crippen LogP contribution in [0.4, 0.5) is 5.69 Å². The summed E-state index contributed by atoms with van der Waals surface area (Å²) in [6.07, 6.45) is 2.47. The average molecular weight is 283 g/mol. The Morgan fingerprint density at radius 3 is 3.00 bits per heavy atom. The molecule has 0 bridgehead atoms. The first kappa shape index (κ1) is 11.9. The van der Waals surface area contributed by atoms with Gasteiger partial charge in [0.05, 0.1) is 5.69 Å². The number of benzene rings is 1. The fourth-order valence-corrected chi connectivity index (χ4v) is 2.74. The summed E-state index contributed by atoms with van der Waals surface area (Å²) in [6, 6.07) is 9.13. The first-order valence-corrected chi connectivity index (χ1v) is 6.83. The number of nitrogens with zero attached hydrogens (tertiary/aromatic N) is 1. The monoisotopic (exact) mass is 282 g/mol. The largest absolute Gasteiger partial charge is 0.369 e. The van der Waals surface area contributed by atoms with Crippen LogP contribution in [0.5, 0.6) is 0 Å². The van der Waals surface area contributed by atoms with Crippen LogP contribution in [-0.4, -0.2) is 25.7 Å². The Hall–Kier alpha value is -0.540. The molecule has 3 heteroatoms. The number of anilines is 1. The second kappa shape index (κ2) is 5.69. The van der Waals surface area contributed by atoms with E-state index < -0.39 is 0 Å². The van der Waals surface area contributed by atoms with Crippen LogP contribution in [0.2, 0.25) is 0 Å². The van der Waals surface area contributed by atoms with E-state index in [0.717, 1.165) is 19.6 Å². The summed E-state index contributed by atoms with van der Waals surface area (Å²) in [6.45, 7) is 5.63. The highest BCUT2D eigenvalue weighted by molar-refractivity contribution is 9.10. The third kappa shape index (κ3) is 2.77. The number of para-hydroxylation sites is 1. The van der Waals surface area contributed by atoms with Gasteiger partial charge >= 0.3 is 0 Å². The molecule has 1 unspecified atom stereocenters. The third-order valence-electron chi connectivity index (χ3n) is 3.06. The molecule has 1 heterocycles. The van der Waals surface area contributed by atoms with Crippen LogP contribution in [0.25, 0.3) is 0 Å². The van der Waals surface area contributed by atoms with Crippen molar-refractivity contribution in [1.29, 1.82) is 0 Å². The van der Waals surface area contributed by atoms with Gasteiger partial charge in [-0.25, -0.2) is 0 Å². The van der Waals surface area contributed by atoms with Gasteiger partial charge < -0.3 is 10.2 Å². The van der Waals surface area contributed by atoms with E-state index in [-0.39, 0.29) is 0 Å². The lowest BCUT2D eigenvalue weighted by molar-refractivity contribution is 0.549. The van der Waals surface area contributed by atoms with Gasteiger partial charge in [0.25, 0.3) is 0 Å². The molecule has 0 amide bonds. The second-order valence-electron chi connectivity index (χ2n) is 4.34. The topological polar surface area (TPSA) is 15.3 Å². The van der Waals surface area contributed by atoms with Crippen molar-refractivity contribution in [2.75, 3.05) is 24.5 Å². The highest BCUT2D eigenvalue weighted by Gasteiger charge is 2.22. The van der Waals surface area contributed by atoms with Crippen molar-refractivity contribution >= 4 is 21.6 Å². The Labute approximate surface area is 106 Å². The molecule has 1 aromatic rings.